The van der Waals surface area contributed by atoms with Crippen LogP contribution in [0, 0.1) is 11.8 Å². The number of aromatic hydroxyl groups is 2. The number of aromatic nitrogens is 1. The average Bonchev–Trinajstić information content (AvgIpc) is 2.93. The lowest BCUT2D eigenvalue weighted by Gasteiger charge is -2.20. The molecule has 1 aromatic heterocycles. The summed E-state index contributed by atoms with van der Waals surface area (Å²) in [6.45, 7) is 0.306. The van der Waals surface area contributed by atoms with Gasteiger partial charge in [0.05, 0.1) is 0 Å². The molecule has 1 atom stereocenters. The molecule has 1 unspecified atom stereocenters. The summed E-state index contributed by atoms with van der Waals surface area (Å²) in [5.41, 5.74) is -2.11. The summed E-state index contributed by atoms with van der Waals surface area (Å²) in [4.78, 5) is 28.5. The van der Waals surface area contributed by atoms with Gasteiger partial charge in [-0.15, -0.1) is 4.73 Å². The minimum Gasteiger partial charge on any atom is -0.492 e. The van der Waals surface area contributed by atoms with Crippen LogP contribution in [0.5, 0.6) is 11.8 Å². The maximum Gasteiger partial charge on any atom is 0.333 e. The zero-order chi connectivity index (χ0) is 19.7. The van der Waals surface area contributed by atoms with Crippen LogP contribution in [0.3, 0.4) is 0 Å². The van der Waals surface area contributed by atoms with Crippen LogP contribution in [0.25, 0.3) is 0 Å². The van der Waals surface area contributed by atoms with Gasteiger partial charge in [-0.05, 0) is 25.7 Å². The van der Waals surface area contributed by atoms with E-state index in [9.17, 15) is 24.2 Å². The number of nitrogens with one attached hydrogen (secondary N) is 1. The number of unbranched alkanes of at least 4 members (excludes halogenated alkanes) is 2. The van der Waals surface area contributed by atoms with Crippen LogP contribution in [0.15, 0.2) is 12.1 Å². The fraction of sp³-hybridized carbons (Fsp3) is 0.579. The van der Waals surface area contributed by atoms with Gasteiger partial charge in [0.1, 0.15) is 0 Å². The van der Waals surface area contributed by atoms with Crippen LogP contribution < -0.4 is 10.2 Å². The van der Waals surface area contributed by atoms with E-state index in [1.165, 1.54) is 12.1 Å². The van der Waals surface area contributed by atoms with Crippen molar-refractivity contribution in [1.29, 1.82) is 0 Å². The van der Waals surface area contributed by atoms with Gasteiger partial charge >= 0.3 is 5.97 Å². The van der Waals surface area contributed by atoms with Crippen LogP contribution in [0.1, 0.15) is 57.8 Å². The van der Waals surface area contributed by atoms with Crippen molar-refractivity contribution in [3.8, 4) is 23.6 Å². The van der Waals surface area contributed by atoms with E-state index in [2.05, 4.69) is 17.2 Å². The molecule has 0 fully saturated rings. The SMILES string of the molecule is O=C(CCCCCNC(=O)C1(F)C#CCCCCC1)On1c(O)ccc1O. The Labute approximate surface area is 157 Å². The Morgan fingerprint density at radius 2 is 1.93 bits per heavy atom. The van der Waals surface area contributed by atoms with Crippen molar-refractivity contribution < 1.29 is 29.0 Å². The zero-order valence-corrected chi connectivity index (χ0v) is 15.2. The lowest BCUT2D eigenvalue weighted by Crippen LogP contribution is -2.43. The predicted molar refractivity (Wildman–Crippen MR) is 95.5 cm³/mol. The van der Waals surface area contributed by atoms with Gasteiger partial charge < -0.3 is 20.4 Å². The number of carbonyl (C=O) groups excluding carboxylic acids is 2. The maximum absolute atomic E-state index is 14.6. The van der Waals surface area contributed by atoms with E-state index in [-0.39, 0.29) is 24.6 Å². The largest absolute Gasteiger partial charge is 0.492 e. The van der Waals surface area contributed by atoms with E-state index in [4.69, 9.17) is 4.84 Å². The molecule has 0 radical (unpaired) electrons. The van der Waals surface area contributed by atoms with Crippen LogP contribution in [0.4, 0.5) is 4.39 Å². The molecule has 0 spiro atoms. The Kier molecular flexibility index (Phi) is 7.53. The summed E-state index contributed by atoms with van der Waals surface area (Å²) in [6, 6.07) is 2.40. The first-order valence-corrected chi connectivity index (χ1v) is 9.20. The third kappa shape index (κ3) is 6.20. The summed E-state index contributed by atoms with van der Waals surface area (Å²) >= 11 is 0. The Morgan fingerprint density at radius 3 is 2.67 bits per heavy atom. The highest BCUT2D eigenvalue weighted by Crippen LogP contribution is 2.22. The molecule has 0 aliphatic heterocycles. The molecule has 1 aliphatic rings. The van der Waals surface area contributed by atoms with Crippen molar-refractivity contribution in [3.05, 3.63) is 12.1 Å². The summed E-state index contributed by atoms with van der Waals surface area (Å²) in [5.74, 6) is 3.16. The first-order valence-electron chi connectivity index (χ1n) is 9.20. The smallest absolute Gasteiger partial charge is 0.333 e. The number of alkyl halides is 1. The molecular formula is C19H25FN2O5. The third-order valence-electron chi connectivity index (χ3n) is 4.30. The first-order chi connectivity index (χ1) is 12.9. The molecule has 1 heterocycles. The van der Waals surface area contributed by atoms with Crippen LogP contribution in [-0.4, -0.2) is 39.0 Å². The van der Waals surface area contributed by atoms with Crippen LogP contribution in [-0.2, 0) is 9.59 Å². The second kappa shape index (κ2) is 9.86. The van der Waals surface area contributed by atoms with Gasteiger partial charge in [0.15, 0.2) is 0 Å². The molecule has 148 valence electrons. The molecule has 7 nitrogen and oxygen atoms in total. The highest BCUT2D eigenvalue weighted by atomic mass is 19.1. The predicted octanol–water partition coefficient (Wildman–Crippen LogP) is 2.21. The number of carbonyl (C=O) groups is 2. The second-order valence-corrected chi connectivity index (χ2v) is 6.54. The summed E-state index contributed by atoms with van der Waals surface area (Å²) < 4.78 is 15.3. The molecule has 0 saturated carbocycles. The van der Waals surface area contributed by atoms with E-state index in [0.717, 1.165) is 12.8 Å². The lowest BCUT2D eigenvalue weighted by molar-refractivity contribution is -0.145. The van der Waals surface area contributed by atoms with Gasteiger partial charge in [-0.3, -0.25) is 4.79 Å². The monoisotopic (exact) mass is 380 g/mol. The van der Waals surface area contributed by atoms with Gasteiger partial charge in [-0.2, -0.15) is 0 Å². The molecule has 0 bridgehead atoms. The average molecular weight is 380 g/mol. The van der Waals surface area contributed by atoms with Crippen molar-refractivity contribution in [1.82, 2.24) is 10.0 Å². The Bertz CT molecular complexity index is 702. The number of hydrogen-bond acceptors (Lipinski definition) is 5. The van der Waals surface area contributed by atoms with Gasteiger partial charge in [-0.25, -0.2) is 9.18 Å². The van der Waals surface area contributed by atoms with E-state index in [0.29, 0.717) is 43.4 Å². The summed E-state index contributed by atoms with van der Waals surface area (Å²) in [6.07, 6.45) is 5.00. The number of nitrogens with zero attached hydrogens (tertiary/aromatic N) is 1. The van der Waals surface area contributed by atoms with Crippen molar-refractivity contribution in [2.45, 2.75) is 63.5 Å². The fourth-order valence-corrected chi connectivity index (χ4v) is 2.75. The van der Waals surface area contributed by atoms with Gasteiger partial charge in [0.2, 0.25) is 17.4 Å². The maximum atomic E-state index is 14.6. The molecular weight excluding hydrogens is 355 g/mol. The number of amides is 1. The third-order valence-corrected chi connectivity index (χ3v) is 4.30. The van der Waals surface area contributed by atoms with E-state index < -0.39 is 17.5 Å². The second-order valence-electron chi connectivity index (χ2n) is 6.54. The first kappa shape index (κ1) is 20.6. The Hall–Kier alpha value is -2.69. The molecule has 27 heavy (non-hydrogen) atoms. The Morgan fingerprint density at radius 1 is 1.19 bits per heavy atom. The standard InChI is InChI=1S/C19H25FN2O5/c20-19(12-6-2-1-3-7-13-19)18(26)21-14-8-4-5-9-17(25)27-22-15(23)10-11-16(22)24/h10-11,23-24H,1-6,8-9,12,14H2,(H,21,26). The molecule has 1 aromatic rings. The number of halogens is 1. The molecule has 0 aromatic carbocycles. The number of rotatable bonds is 8. The molecule has 2 rings (SSSR count). The van der Waals surface area contributed by atoms with E-state index >= 15 is 0 Å². The van der Waals surface area contributed by atoms with Gasteiger partial charge in [0, 0.05) is 37.9 Å². The Balaban J connectivity index is 1.62. The normalized spacial score (nSPS) is 19.3. The van der Waals surface area contributed by atoms with Crippen molar-refractivity contribution in [2.75, 3.05) is 6.54 Å². The van der Waals surface area contributed by atoms with Gasteiger partial charge in [0.25, 0.3) is 5.91 Å². The van der Waals surface area contributed by atoms with Crippen LogP contribution in [0.2, 0.25) is 0 Å². The van der Waals surface area contributed by atoms with Crippen molar-refractivity contribution >= 4 is 11.9 Å². The number of hydrogen-bond donors (Lipinski definition) is 3. The molecule has 1 amide bonds. The van der Waals surface area contributed by atoms with Crippen molar-refractivity contribution in [2.24, 2.45) is 0 Å². The topological polar surface area (TPSA) is 101 Å². The lowest BCUT2D eigenvalue weighted by atomic mass is 9.94. The van der Waals surface area contributed by atoms with Crippen LogP contribution >= 0.6 is 0 Å². The molecule has 8 heteroatoms. The highest BCUT2D eigenvalue weighted by Gasteiger charge is 2.36. The highest BCUT2D eigenvalue weighted by molar-refractivity contribution is 5.88. The van der Waals surface area contributed by atoms with E-state index in [1.54, 1.807) is 0 Å². The molecule has 0 saturated heterocycles. The molecule has 1 aliphatic carbocycles. The fourth-order valence-electron chi connectivity index (χ4n) is 2.75. The quantitative estimate of drug-likeness (QED) is 0.474. The summed E-state index contributed by atoms with van der Waals surface area (Å²) in [5, 5.41) is 21.3. The zero-order valence-electron chi connectivity index (χ0n) is 15.2. The minimum absolute atomic E-state index is 0.0868. The summed E-state index contributed by atoms with van der Waals surface area (Å²) in [7, 11) is 0. The minimum atomic E-state index is -2.11. The van der Waals surface area contributed by atoms with Gasteiger partial charge in [-0.1, -0.05) is 24.7 Å². The molecule has 3 N–H and O–H groups in total. The van der Waals surface area contributed by atoms with Crippen molar-refractivity contribution in [3.63, 3.8) is 0 Å². The van der Waals surface area contributed by atoms with E-state index in [1.807, 2.05) is 0 Å².